The number of pyridine rings is 1. The van der Waals surface area contributed by atoms with E-state index in [0.717, 1.165) is 0 Å². The molecule has 7 heteroatoms. The van der Waals surface area contributed by atoms with Crippen molar-refractivity contribution in [1.82, 2.24) is 4.98 Å². The molecule has 0 saturated heterocycles. The number of nitrogens with zero attached hydrogens (tertiary/aromatic N) is 1. The van der Waals surface area contributed by atoms with E-state index in [4.69, 9.17) is 27.0 Å². The molecule has 84 valence electrons. The van der Waals surface area contributed by atoms with Crippen molar-refractivity contribution in [3.05, 3.63) is 22.8 Å². The van der Waals surface area contributed by atoms with Crippen LogP contribution in [0.5, 0.6) is 5.88 Å². The van der Waals surface area contributed by atoms with Gasteiger partial charge in [-0.1, -0.05) is 11.6 Å². The molecule has 1 aromatic rings. The van der Waals surface area contributed by atoms with E-state index >= 15 is 0 Å². The van der Waals surface area contributed by atoms with Gasteiger partial charge >= 0.3 is 0 Å². The summed E-state index contributed by atoms with van der Waals surface area (Å²) < 4.78 is 26.5. The van der Waals surface area contributed by atoms with Crippen LogP contribution in [0.3, 0.4) is 0 Å². The Bertz CT molecular complexity index is 447. The highest BCUT2D eigenvalue weighted by Crippen LogP contribution is 2.24. The van der Waals surface area contributed by atoms with Crippen molar-refractivity contribution in [2.75, 3.05) is 12.9 Å². The normalized spacial score (nSPS) is 11.4. The maximum Gasteiger partial charge on any atom is 0.232 e. The Kier molecular flexibility index (Phi) is 4.19. The molecule has 0 radical (unpaired) electrons. The summed E-state index contributed by atoms with van der Waals surface area (Å²) in [7, 11) is 3.01. The number of rotatable bonds is 4. The number of methoxy groups -OCH3 is 1. The topological polar surface area (TPSA) is 56.3 Å². The summed E-state index contributed by atoms with van der Waals surface area (Å²) in [5.74, 6) is 0.124. The predicted octanol–water partition coefficient (Wildman–Crippen LogP) is 1.85. The molecule has 0 atom stereocenters. The van der Waals surface area contributed by atoms with E-state index in [9.17, 15) is 8.42 Å². The van der Waals surface area contributed by atoms with Crippen molar-refractivity contribution >= 4 is 31.3 Å². The van der Waals surface area contributed by atoms with Gasteiger partial charge in [-0.25, -0.2) is 13.4 Å². The fourth-order valence-corrected chi connectivity index (χ4v) is 1.99. The summed E-state index contributed by atoms with van der Waals surface area (Å²) in [6.07, 6.45) is 1.67. The highest BCUT2D eigenvalue weighted by molar-refractivity contribution is 8.13. The molecular formula is C8H9Cl2NO3S. The van der Waals surface area contributed by atoms with E-state index in [1.54, 1.807) is 6.07 Å². The van der Waals surface area contributed by atoms with Gasteiger partial charge in [0.25, 0.3) is 0 Å². The van der Waals surface area contributed by atoms with Crippen LogP contribution in [0.2, 0.25) is 5.02 Å². The number of hydrogen-bond donors (Lipinski definition) is 0. The third-order valence-electron chi connectivity index (χ3n) is 1.75. The summed E-state index contributed by atoms with van der Waals surface area (Å²) in [6, 6.07) is 1.57. The molecule has 0 saturated carbocycles. The van der Waals surface area contributed by atoms with Gasteiger partial charge in [0, 0.05) is 22.4 Å². The zero-order valence-electron chi connectivity index (χ0n) is 7.91. The highest BCUT2D eigenvalue weighted by atomic mass is 35.7. The minimum Gasteiger partial charge on any atom is -0.481 e. The quantitative estimate of drug-likeness (QED) is 0.783. The van der Waals surface area contributed by atoms with Crippen molar-refractivity contribution in [3.8, 4) is 5.88 Å². The first-order chi connectivity index (χ1) is 6.94. The number of halogens is 2. The van der Waals surface area contributed by atoms with Crippen LogP contribution in [0.4, 0.5) is 0 Å². The molecule has 0 unspecified atom stereocenters. The van der Waals surface area contributed by atoms with Crippen molar-refractivity contribution in [1.29, 1.82) is 0 Å². The second kappa shape index (κ2) is 5.01. The zero-order chi connectivity index (χ0) is 11.5. The Morgan fingerprint density at radius 1 is 1.53 bits per heavy atom. The SMILES string of the molecule is COc1nccc(Cl)c1CCS(=O)(=O)Cl. The van der Waals surface area contributed by atoms with Gasteiger partial charge in [0.05, 0.1) is 17.9 Å². The van der Waals surface area contributed by atoms with E-state index < -0.39 is 9.05 Å². The summed E-state index contributed by atoms with van der Waals surface area (Å²) in [5, 5.41) is 0.419. The van der Waals surface area contributed by atoms with Gasteiger partial charge in [-0.05, 0) is 12.5 Å². The van der Waals surface area contributed by atoms with Crippen LogP contribution in [0, 0.1) is 0 Å². The molecule has 0 amide bonds. The van der Waals surface area contributed by atoms with E-state index in [2.05, 4.69) is 4.98 Å². The number of aromatic nitrogens is 1. The van der Waals surface area contributed by atoms with Crippen LogP contribution in [-0.2, 0) is 15.5 Å². The van der Waals surface area contributed by atoms with Crippen LogP contribution < -0.4 is 4.74 Å². The van der Waals surface area contributed by atoms with Gasteiger partial charge in [0.15, 0.2) is 0 Å². The fraction of sp³-hybridized carbons (Fsp3) is 0.375. The van der Waals surface area contributed by atoms with Crippen molar-refractivity contribution in [2.24, 2.45) is 0 Å². The van der Waals surface area contributed by atoms with Gasteiger partial charge < -0.3 is 4.74 Å². The minimum absolute atomic E-state index is 0.182. The van der Waals surface area contributed by atoms with Crippen LogP contribution in [-0.4, -0.2) is 26.3 Å². The maximum absolute atomic E-state index is 10.8. The van der Waals surface area contributed by atoms with E-state index in [-0.39, 0.29) is 12.2 Å². The Balaban J connectivity index is 2.93. The summed E-state index contributed by atoms with van der Waals surface area (Å²) in [6.45, 7) is 0. The van der Waals surface area contributed by atoms with E-state index in [1.807, 2.05) is 0 Å². The van der Waals surface area contributed by atoms with Crippen molar-refractivity contribution in [2.45, 2.75) is 6.42 Å². The smallest absolute Gasteiger partial charge is 0.232 e. The van der Waals surface area contributed by atoms with Crippen LogP contribution >= 0.6 is 22.3 Å². The molecule has 0 fully saturated rings. The number of hydrogen-bond acceptors (Lipinski definition) is 4. The molecule has 1 aromatic heterocycles. The van der Waals surface area contributed by atoms with Crippen molar-refractivity contribution < 1.29 is 13.2 Å². The lowest BCUT2D eigenvalue weighted by molar-refractivity contribution is 0.393. The second-order valence-corrected chi connectivity index (χ2v) is 6.08. The molecule has 0 aliphatic heterocycles. The third-order valence-corrected chi connectivity index (χ3v) is 3.26. The molecule has 0 bridgehead atoms. The van der Waals surface area contributed by atoms with Crippen LogP contribution in [0.15, 0.2) is 12.3 Å². The molecule has 15 heavy (non-hydrogen) atoms. The molecule has 1 heterocycles. The standard InChI is InChI=1S/C8H9Cl2NO3S/c1-14-8-6(3-5-15(10,12)13)7(9)2-4-11-8/h2,4H,3,5H2,1H3. The third kappa shape index (κ3) is 3.85. The first kappa shape index (κ1) is 12.5. The molecular weight excluding hydrogens is 261 g/mol. The van der Waals surface area contributed by atoms with Gasteiger partial charge in [-0.3, -0.25) is 0 Å². The summed E-state index contributed by atoms with van der Waals surface area (Å²) >= 11 is 5.88. The van der Waals surface area contributed by atoms with Gasteiger partial charge in [-0.2, -0.15) is 0 Å². The second-order valence-electron chi connectivity index (χ2n) is 2.77. The zero-order valence-corrected chi connectivity index (χ0v) is 10.2. The lowest BCUT2D eigenvalue weighted by atomic mass is 10.2. The maximum atomic E-state index is 10.8. The summed E-state index contributed by atoms with van der Waals surface area (Å²) in [5.41, 5.74) is 0.547. The molecule has 4 nitrogen and oxygen atoms in total. The lowest BCUT2D eigenvalue weighted by Gasteiger charge is -2.07. The van der Waals surface area contributed by atoms with Crippen molar-refractivity contribution in [3.63, 3.8) is 0 Å². The average molecular weight is 270 g/mol. The molecule has 1 rings (SSSR count). The monoisotopic (exact) mass is 269 g/mol. The molecule has 0 aliphatic carbocycles. The molecule has 0 N–H and O–H groups in total. The van der Waals surface area contributed by atoms with Gasteiger partial charge in [-0.15, -0.1) is 0 Å². The first-order valence-electron chi connectivity index (χ1n) is 4.04. The molecule has 0 spiro atoms. The van der Waals surface area contributed by atoms with Gasteiger partial charge in [0.1, 0.15) is 0 Å². The van der Waals surface area contributed by atoms with Crippen LogP contribution in [0.25, 0.3) is 0 Å². The predicted molar refractivity (Wildman–Crippen MR) is 59.1 cm³/mol. The van der Waals surface area contributed by atoms with E-state index in [1.165, 1.54) is 13.3 Å². The Morgan fingerprint density at radius 3 is 2.73 bits per heavy atom. The largest absolute Gasteiger partial charge is 0.481 e. The molecule has 0 aliphatic rings. The molecule has 0 aromatic carbocycles. The Hall–Kier alpha value is -0.520. The Labute approximate surface area is 97.6 Å². The average Bonchev–Trinajstić information content (AvgIpc) is 2.14. The summed E-state index contributed by atoms with van der Waals surface area (Å²) in [4.78, 5) is 3.91. The minimum atomic E-state index is -3.53. The lowest BCUT2D eigenvalue weighted by Crippen LogP contribution is -2.04. The first-order valence-corrected chi connectivity index (χ1v) is 6.89. The Morgan fingerprint density at radius 2 is 2.20 bits per heavy atom. The van der Waals surface area contributed by atoms with Gasteiger partial charge in [0.2, 0.25) is 14.9 Å². The number of ether oxygens (including phenoxy) is 1. The fourth-order valence-electron chi connectivity index (χ4n) is 1.08. The highest BCUT2D eigenvalue weighted by Gasteiger charge is 2.13. The van der Waals surface area contributed by atoms with E-state index in [0.29, 0.717) is 16.5 Å². The van der Waals surface area contributed by atoms with Crippen LogP contribution in [0.1, 0.15) is 5.56 Å².